The maximum atomic E-state index is 11.9. The van der Waals surface area contributed by atoms with Gasteiger partial charge >= 0.3 is 5.97 Å². The third-order valence-corrected chi connectivity index (χ3v) is 3.83. The van der Waals surface area contributed by atoms with Gasteiger partial charge in [-0.15, -0.1) is 0 Å². The number of ether oxygens (including phenoxy) is 1. The highest BCUT2D eigenvalue weighted by atomic mass is 16.5. The summed E-state index contributed by atoms with van der Waals surface area (Å²) in [5.74, 6) is -0.680. The van der Waals surface area contributed by atoms with Gasteiger partial charge in [0.1, 0.15) is 0 Å². The van der Waals surface area contributed by atoms with E-state index >= 15 is 0 Å². The van der Waals surface area contributed by atoms with Crippen molar-refractivity contribution in [2.75, 3.05) is 6.61 Å². The fourth-order valence-electron chi connectivity index (χ4n) is 2.65. The first-order valence-electron chi connectivity index (χ1n) is 6.90. The van der Waals surface area contributed by atoms with Crippen LogP contribution in [-0.2, 0) is 9.53 Å². The lowest BCUT2D eigenvalue weighted by atomic mass is 9.66. The molecular formula is C17H16N2O2. The van der Waals surface area contributed by atoms with Gasteiger partial charge in [-0.1, -0.05) is 36.4 Å². The number of allylic oxidation sites excluding steroid dienone is 1. The summed E-state index contributed by atoms with van der Waals surface area (Å²) < 4.78 is 5.03. The average Bonchev–Trinajstić information content (AvgIpc) is 2.55. The fourth-order valence-corrected chi connectivity index (χ4v) is 2.65. The van der Waals surface area contributed by atoms with Gasteiger partial charge < -0.3 is 4.74 Å². The van der Waals surface area contributed by atoms with Crippen molar-refractivity contribution in [1.82, 2.24) is 0 Å². The molecule has 1 aromatic carbocycles. The van der Waals surface area contributed by atoms with Gasteiger partial charge in [0.15, 0.2) is 5.41 Å². The Bertz CT molecular complexity index is 621. The lowest BCUT2D eigenvalue weighted by Gasteiger charge is -2.32. The molecule has 106 valence electrons. The van der Waals surface area contributed by atoms with E-state index < -0.39 is 5.41 Å². The zero-order valence-corrected chi connectivity index (χ0v) is 11.9. The molecule has 0 heterocycles. The third-order valence-electron chi connectivity index (χ3n) is 3.83. The molecular weight excluding hydrogens is 264 g/mol. The Labute approximate surface area is 124 Å². The molecule has 0 spiro atoms. The van der Waals surface area contributed by atoms with Crippen molar-refractivity contribution in [2.24, 2.45) is 5.41 Å². The highest BCUT2D eigenvalue weighted by Crippen LogP contribution is 2.46. The maximum absolute atomic E-state index is 11.9. The predicted octanol–water partition coefficient (Wildman–Crippen LogP) is 3.09. The molecule has 0 N–H and O–H groups in total. The lowest BCUT2D eigenvalue weighted by molar-refractivity contribution is -0.138. The molecule has 0 bridgehead atoms. The van der Waals surface area contributed by atoms with E-state index in [2.05, 4.69) is 12.1 Å². The predicted molar refractivity (Wildman–Crippen MR) is 76.8 cm³/mol. The van der Waals surface area contributed by atoms with Crippen LogP contribution in [0.2, 0.25) is 0 Å². The first kappa shape index (κ1) is 14.8. The molecule has 21 heavy (non-hydrogen) atoms. The minimum Gasteiger partial charge on any atom is -0.463 e. The molecule has 0 aliphatic heterocycles. The van der Waals surface area contributed by atoms with E-state index in [0.717, 1.165) is 5.56 Å². The second-order valence-electron chi connectivity index (χ2n) is 5.02. The fraction of sp³-hybridized carbons (Fsp3) is 0.353. The number of nitrogens with zero attached hydrogens (tertiary/aromatic N) is 2. The van der Waals surface area contributed by atoms with Crippen molar-refractivity contribution in [3.05, 3.63) is 47.5 Å². The quantitative estimate of drug-likeness (QED) is 0.797. The molecule has 1 unspecified atom stereocenters. The van der Waals surface area contributed by atoms with Gasteiger partial charge in [0, 0.05) is 11.5 Å². The van der Waals surface area contributed by atoms with Gasteiger partial charge in [-0.3, -0.25) is 0 Å². The van der Waals surface area contributed by atoms with Gasteiger partial charge in [0.05, 0.1) is 18.7 Å². The summed E-state index contributed by atoms with van der Waals surface area (Å²) in [4.78, 5) is 11.9. The van der Waals surface area contributed by atoms with Crippen LogP contribution in [0.15, 0.2) is 42.0 Å². The Balaban J connectivity index is 2.40. The number of esters is 1. The van der Waals surface area contributed by atoms with Crippen molar-refractivity contribution in [3.63, 3.8) is 0 Å². The molecule has 0 saturated heterocycles. The largest absolute Gasteiger partial charge is 0.463 e. The third kappa shape index (κ3) is 2.80. The molecule has 4 nitrogen and oxygen atoms in total. The normalized spacial score (nSPS) is 19.8. The molecule has 4 heteroatoms. The molecule has 1 aliphatic rings. The molecule has 0 saturated carbocycles. The molecule has 0 radical (unpaired) electrons. The van der Waals surface area contributed by atoms with E-state index in [-0.39, 0.29) is 18.3 Å². The van der Waals surface area contributed by atoms with Crippen molar-refractivity contribution in [1.29, 1.82) is 10.5 Å². The first-order chi connectivity index (χ1) is 10.2. The van der Waals surface area contributed by atoms with Gasteiger partial charge in [-0.25, -0.2) is 4.79 Å². The molecule has 0 amide bonds. The molecule has 2 rings (SSSR count). The Hall–Kier alpha value is -2.59. The number of carbonyl (C=O) groups excluding carboxylic acids is 1. The Morgan fingerprint density at radius 1 is 1.33 bits per heavy atom. The van der Waals surface area contributed by atoms with Gasteiger partial charge in [-0.2, -0.15) is 10.5 Å². The summed E-state index contributed by atoms with van der Waals surface area (Å²) in [7, 11) is 0. The standard InChI is InChI=1S/C17H16N2O2/c1-2-21-16(20)14-8-9-17(11-18,12-19)15(10-14)13-6-4-3-5-7-13/h3-8,15H,2,9-10H2,1H3. The van der Waals surface area contributed by atoms with Crippen molar-refractivity contribution in [2.45, 2.75) is 25.7 Å². The molecule has 1 aromatic rings. The average molecular weight is 280 g/mol. The summed E-state index contributed by atoms with van der Waals surface area (Å²) in [5.41, 5.74) is 0.319. The van der Waals surface area contributed by atoms with E-state index in [1.165, 1.54) is 0 Å². The van der Waals surface area contributed by atoms with Crippen LogP contribution in [0.25, 0.3) is 0 Å². The van der Waals surface area contributed by atoms with Gasteiger partial charge in [0.25, 0.3) is 0 Å². The van der Waals surface area contributed by atoms with Gasteiger partial charge in [-0.05, 0) is 25.3 Å². The van der Waals surface area contributed by atoms with Crippen LogP contribution < -0.4 is 0 Å². The SMILES string of the molecule is CCOC(=O)C1=CCC(C#N)(C#N)C(c2ccccc2)C1. The van der Waals surface area contributed by atoms with E-state index in [1.807, 2.05) is 30.3 Å². The van der Waals surface area contributed by atoms with E-state index in [1.54, 1.807) is 13.0 Å². The van der Waals surface area contributed by atoms with Crippen molar-refractivity contribution in [3.8, 4) is 12.1 Å². The van der Waals surface area contributed by atoms with E-state index in [9.17, 15) is 15.3 Å². The lowest BCUT2D eigenvalue weighted by Crippen LogP contribution is -2.30. The maximum Gasteiger partial charge on any atom is 0.333 e. The van der Waals surface area contributed by atoms with Crippen molar-refractivity contribution < 1.29 is 9.53 Å². The number of benzene rings is 1. The summed E-state index contributed by atoms with van der Waals surface area (Å²) in [6, 6.07) is 13.7. The molecule has 0 fully saturated rings. The number of carbonyl (C=O) groups is 1. The molecule has 0 aromatic heterocycles. The van der Waals surface area contributed by atoms with Crippen LogP contribution >= 0.6 is 0 Å². The summed E-state index contributed by atoms with van der Waals surface area (Å²) in [6.45, 7) is 2.07. The summed E-state index contributed by atoms with van der Waals surface area (Å²) in [6.07, 6.45) is 2.27. The second kappa shape index (κ2) is 6.24. The number of hydrogen-bond donors (Lipinski definition) is 0. The Morgan fingerprint density at radius 3 is 2.57 bits per heavy atom. The van der Waals surface area contributed by atoms with Gasteiger partial charge in [0.2, 0.25) is 0 Å². The van der Waals surface area contributed by atoms with Crippen LogP contribution in [0.1, 0.15) is 31.2 Å². The van der Waals surface area contributed by atoms with Crippen LogP contribution in [0.4, 0.5) is 0 Å². The highest BCUT2D eigenvalue weighted by molar-refractivity contribution is 5.89. The van der Waals surface area contributed by atoms with Crippen LogP contribution in [0, 0.1) is 28.1 Å². The topological polar surface area (TPSA) is 73.9 Å². The van der Waals surface area contributed by atoms with Crippen LogP contribution in [-0.4, -0.2) is 12.6 Å². The minimum atomic E-state index is -1.13. The number of rotatable bonds is 3. The van der Waals surface area contributed by atoms with E-state index in [0.29, 0.717) is 18.6 Å². The number of hydrogen-bond acceptors (Lipinski definition) is 4. The van der Waals surface area contributed by atoms with Crippen molar-refractivity contribution >= 4 is 5.97 Å². The smallest absolute Gasteiger partial charge is 0.333 e. The zero-order valence-electron chi connectivity index (χ0n) is 11.9. The zero-order chi connectivity index (χ0) is 15.3. The van der Waals surface area contributed by atoms with Crippen LogP contribution in [0.5, 0.6) is 0 Å². The highest BCUT2D eigenvalue weighted by Gasteiger charge is 2.43. The van der Waals surface area contributed by atoms with E-state index in [4.69, 9.17) is 4.74 Å². The monoisotopic (exact) mass is 280 g/mol. The second-order valence-corrected chi connectivity index (χ2v) is 5.02. The molecule has 1 atom stereocenters. The minimum absolute atomic E-state index is 0.244. The first-order valence-corrected chi connectivity index (χ1v) is 6.90. The van der Waals surface area contributed by atoms with Crippen LogP contribution in [0.3, 0.4) is 0 Å². The summed E-state index contributed by atoms with van der Waals surface area (Å²) in [5, 5.41) is 19.0. The number of nitriles is 2. The summed E-state index contributed by atoms with van der Waals surface area (Å²) >= 11 is 0. The Morgan fingerprint density at radius 2 is 2.00 bits per heavy atom. The molecule has 1 aliphatic carbocycles. The Kier molecular flexibility index (Phi) is 4.40.